The van der Waals surface area contributed by atoms with E-state index in [0.29, 0.717) is 29.5 Å². The van der Waals surface area contributed by atoms with Gasteiger partial charge in [0.25, 0.3) is 35.4 Å². The molecule has 0 spiro atoms. The summed E-state index contributed by atoms with van der Waals surface area (Å²) in [4.78, 5) is 121. The van der Waals surface area contributed by atoms with Crippen LogP contribution in [0.25, 0.3) is 10.4 Å². The third-order valence-corrected chi connectivity index (χ3v) is 7.71. The fraction of sp³-hybridized carbons (Fsp3) is 0.559. The number of ether oxygens (including phenoxy) is 3. The van der Waals surface area contributed by atoms with E-state index < -0.39 is 47.4 Å². The van der Waals surface area contributed by atoms with Crippen LogP contribution in [-0.4, -0.2) is 123 Å². The third kappa shape index (κ3) is 16.1. The topological polar surface area (TPSA) is 291 Å². The molecule has 3 rings (SSSR count). The van der Waals surface area contributed by atoms with Gasteiger partial charge in [-0.05, 0) is 36.6 Å². The molecule has 0 bridgehead atoms. The first-order valence-corrected chi connectivity index (χ1v) is 17.9. The molecule has 304 valence electrons. The second-order valence-corrected chi connectivity index (χ2v) is 12.0. The lowest BCUT2D eigenvalue weighted by Crippen LogP contribution is -2.32. The number of hydroxylamine groups is 4. The molecule has 2 aliphatic rings. The molecule has 2 heterocycles. The summed E-state index contributed by atoms with van der Waals surface area (Å²) in [7, 11) is 0. The first kappa shape index (κ1) is 44.3. The molecule has 2 aliphatic heterocycles. The van der Waals surface area contributed by atoms with Gasteiger partial charge in [-0.3, -0.25) is 33.6 Å². The second-order valence-electron chi connectivity index (χ2n) is 12.0. The highest BCUT2D eigenvalue weighted by Gasteiger charge is 2.33. The van der Waals surface area contributed by atoms with E-state index in [1.165, 1.54) is 18.2 Å². The van der Waals surface area contributed by atoms with Crippen LogP contribution in [0.2, 0.25) is 0 Å². The van der Waals surface area contributed by atoms with E-state index in [2.05, 4.69) is 26.0 Å². The number of nitrogens with zero attached hydrogens (tertiary/aromatic N) is 5. The van der Waals surface area contributed by atoms with E-state index in [9.17, 15) is 43.2 Å². The monoisotopic (exact) mass is 788 g/mol. The SMILES string of the molecule is [N-]=[N+]=NCCCCCC(=O)NCCOc1cc(C(=O)NCCOCCC(=O)ON2C(=O)CCC2=O)cc(C(=O)NCCOCCC(=O)ON2C(=O)CCC2=O)c1. The molecule has 7 amide bonds. The number of carbonyl (C=O) groups is 9. The quantitative estimate of drug-likeness (QED) is 0.0380. The van der Waals surface area contributed by atoms with Gasteiger partial charge in [-0.1, -0.05) is 11.5 Å². The summed E-state index contributed by atoms with van der Waals surface area (Å²) in [5, 5.41) is 12.3. The Morgan fingerprint density at radius 3 is 1.59 bits per heavy atom. The highest BCUT2D eigenvalue weighted by Crippen LogP contribution is 2.18. The van der Waals surface area contributed by atoms with Crippen molar-refractivity contribution in [3.8, 4) is 5.75 Å². The standard InChI is InChI=1S/C34H44N8O14/c35-40-39-11-3-1-2-4-26(43)36-14-19-54-25-21-23(33(50)37-12-17-52-15-9-31(48)55-41-27(44)5-6-28(41)45)20-24(22-25)34(51)38-13-18-53-16-10-32(49)56-42-29(46)7-8-30(42)47/h20-22H,1-19H2,(H,36,43)(H,37,50)(H,38,51). The van der Waals surface area contributed by atoms with Gasteiger partial charge in [-0.15, -0.1) is 10.1 Å². The molecule has 0 radical (unpaired) electrons. The van der Waals surface area contributed by atoms with Crippen LogP contribution in [-0.2, 0) is 52.7 Å². The first-order valence-electron chi connectivity index (χ1n) is 17.9. The van der Waals surface area contributed by atoms with Crippen LogP contribution in [0.15, 0.2) is 23.3 Å². The van der Waals surface area contributed by atoms with Gasteiger partial charge in [0.15, 0.2) is 0 Å². The number of rotatable bonds is 26. The number of hydrogen-bond acceptors (Lipinski definition) is 15. The van der Waals surface area contributed by atoms with Gasteiger partial charge in [0.1, 0.15) is 12.4 Å². The number of azide groups is 1. The minimum absolute atomic E-state index is 0.0101. The van der Waals surface area contributed by atoms with Gasteiger partial charge in [-0.2, -0.15) is 0 Å². The zero-order chi connectivity index (χ0) is 40.7. The predicted molar refractivity (Wildman–Crippen MR) is 187 cm³/mol. The molecule has 0 saturated carbocycles. The van der Waals surface area contributed by atoms with E-state index in [-0.39, 0.29) is 120 Å². The molecule has 56 heavy (non-hydrogen) atoms. The molecule has 2 fully saturated rings. The van der Waals surface area contributed by atoms with Gasteiger partial charge in [0.05, 0.1) is 45.8 Å². The first-order chi connectivity index (χ1) is 27.0. The van der Waals surface area contributed by atoms with Crippen LogP contribution >= 0.6 is 0 Å². The van der Waals surface area contributed by atoms with Gasteiger partial charge in [0.2, 0.25) is 5.91 Å². The molecule has 22 nitrogen and oxygen atoms in total. The Morgan fingerprint density at radius 1 is 0.625 bits per heavy atom. The number of carbonyl (C=O) groups excluding carboxylic acids is 9. The van der Waals surface area contributed by atoms with Crippen molar-refractivity contribution in [3.63, 3.8) is 0 Å². The Kier molecular flexibility index (Phi) is 19.2. The second kappa shape index (κ2) is 24.3. The normalized spacial score (nSPS) is 13.6. The van der Waals surface area contributed by atoms with Gasteiger partial charge in [-0.25, -0.2) is 9.59 Å². The number of unbranched alkanes of at least 4 members (excludes halogenated alkanes) is 2. The summed E-state index contributed by atoms with van der Waals surface area (Å²) < 4.78 is 16.4. The third-order valence-electron chi connectivity index (χ3n) is 7.71. The molecule has 0 aliphatic carbocycles. The maximum Gasteiger partial charge on any atom is 0.335 e. The maximum atomic E-state index is 13.0. The van der Waals surface area contributed by atoms with Crippen molar-refractivity contribution in [1.29, 1.82) is 0 Å². The number of hydrogen-bond donors (Lipinski definition) is 3. The van der Waals surface area contributed by atoms with Gasteiger partial charge in [0, 0.05) is 67.8 Å². The summed E-state index contributed by atoms with van der Waals surface area (Å²) in [6, 6.07) is 4.14. The summed E-state index contributed by atoms with van der Waals surface area (Å²) in [6.45, 7) is 0.301. The summed E-state index contributed by atoms with van der Waals surface area (Å²) in [5.74, 6) is -5.27. The summed E-state index contributed by atoms with van der Waals surface area (Å²) in [6.07, 6.45) is 1.68. The molecule has 22 heteroatoms. The molecule has 0 atom stereocenters. The molecule has 1 aromatic rings. The largest absolute Gasteiger partial charge is 0.492 e. The Bertz CT molecular complexity index is 1540. The number of amides is 7. The lowest BCUT2D eigenvalue weighted by atomic mass is 10.1. The van der Waals surface area contributed by atoms with E-state index in [0.717, 1.165) is 6.42 Å². The Labute approximate surface area is 320 Å². The van der Waals surface area contributed by atoms with Crippen molar-refractivity contribution >= 4 is 53.3 Å². The lowest BCUT2D eigenvalue weighted by molar-refractivity contribution is -0.198. The van der Waals surface area contributed by atoms with Crippen LogP contribution in [0.1, 0.15) is 84.9 Å². The molecule has 2 saturated heterocycles. The predicted octanol–water partition coefficient (Wildman–Crippen LogP) is 0.540. The van der Waals surface area contributed by atoms with Crippen molar-refractivity contribution in [2.75, 3.05) is 59.2 Å². The van der Waals surface area contributed by atoms with Crippen molar-refractivity contribution < 1.29 is 67.0 Å². The zero-order valence-corrected chi connectivity index (χ0v) is 30.6. The van der Waals surface area contributed by atoms with Crippen molar-refractivity contribution in [2.45, 2.75) is 64.2 Å². The fourth-order valence-corrected chi connectivity index (χ4v) is 4.89. The minimum Gasteiger partial charge on any atom is -0.492 e. The van der Waals surface area contributed by atoms with Crippen LogP contribution in [0, 0.1) is 0 Å². The van der Waals surface area contributed by atoms with Gasteiger partial charge < -0.3 is 39.8 Å². The lowest BCUT2D eigenvalue weighted by Gasteiger charge is -2.13. The molecular formula is C34H44N8O14. The van der Waals surface area contributed by atoms with Crippen molar-refractivity contribution in [1.82, 2.24) is 26.1 Å². The zero-order valence-electron chi connectivity index (χ0n) is 30.6. The van der Waals surface area contributed by atoms with Crippen LogP contribution in [0.3, 0.4) is 0 Å². The Hall–Kier alpha value is -6.12. The Morgan fingerprint density at radius 2 is 1.11 bits per heavy atom. The van der Waals surface area contributed by atoms with Crippen molar-refractivity contribution in [2.24, 2.45) is 5.11 Å². The van der Waals surface area contributed by atoms with Crippen LogP contribution in [0.4, 0.5) is 0 Å². The molecular weight excluding hydrogens is 744 g/mol. The van der Waals surface area contributed by atoms with E-state index in [4.69, 9.17) is 29.4 Å². The molecule has 1 aromatic carbocycles. The summed E-state index contributed by atoms with van der Waals surface area (Å²) in [5.41, 5.74) is 8.43. The number of imide groups is 2. The maximum absolute atomic E-state index is 13.0. The Balaban J connectivity index is 1.45. The molecule has 0 aromatic heterocycles. The average Bonchev–Trinajstić information content (AvgIpc) is 3.67. The number of nitrogens with one attached hydrogen (secondary N) is 3. The van der Waals surface area contributed by atoms with Gasteiger partial charge >= 0.3 is 11.9 Å². The minimum atomic E-state index is -0.833. The fourth-order valence-electron chi connectivity index (χ4n) is 4.89. The average molecular weight is 789 g/mol. The van der Waals surface area contributed by atoms with E-state index in [1.54, 1.807) is 0 Å². The van der Waals surface area contributed by atoms with E-state index in [1.807, 2.05) is 0 Å². The number of benzene rings is 1. The molecule has 3 N–H and O–H groups in total. The van der Waals surface area contributed by atoms with Crippen LogP contribution in [0.5, 0.6) is 5.75 Å². The highest BCUT2D eigenvalue weighted by molar-refractivity contribution is 6.02. The van der Waals surface area contributed by atoms with Crippen molar-refractivity contribution in [3.05, 3.63) is 39.8 Å². The highest BCUT2D eigenvalue weighted by atomic mass is 16.7. The smallest absolute Gasteiger partial charge is 0.335 e. The van der Waals surface area contributed by atoms with Crippen LogP contribution < -0.4 is 20.7 Å². The molecule has 0 unspecified atom stereocenters. The van der Waals surface area contributed by atoms with E-state index >= 15 is 0 Å². The summed E-state index contributed by atoms with van der Waals surface area (Å²) >= 11 is 0.